The first-order valence-electron chi connectivity index (χ1n) is 2.99. The highest BCUT2D eigenvalue weighted by Gasteiger charge is 2.37. The van der Waals surface area contributed by atoms with Crippen molar-refractivity contribution >= 4 is 5.91 Å². The predicted molar refractivity (Wildman–Crippen MR) is 31.6 cm³/mol. The molecule has 1 aromatic rings. The van der Waals surface area contributed by atoms with Gasteiger partial charge in [0.25, 0.3) is 5.91 Å². The molecule has 0 aliphatic carbocycles. The van der Waals surface area contributed by atoms with Gasteiger partial charge in [0.05, 0.1) is 11.8 Å². The molecule has 5 heteroatoms. The lowest BCUT2D eigenvalue weighted by Gasteiger charge is -2.09. The number of carbonyl (C=O) groups excluding carboxylic acids is 1. The Bertz CT molecular complexity index is 305. The van der Waals surface area contributed by atoms with Crippen molar-refractivity contribution in [3.05, 3.63) is 23.7 Å². The Balaban J connectivity index is 2.56. The van der Waals surface area contributed by atoms with Crippen LogP contribution in [0, 0.1) is 0 Å². The maximum absolute atomic E-state index is 10.9. The Morgan fingerprint density at radius 3 is 3.00 bits per heavy atom. The van der Waals surface area contributed by atoms with Crippen molar-refractivity contribution in [2.75, 3.05) is 0 Å². The fraction of sp³-hybridized carbons (Fsp3) is 0.167. The van der Waals surface area contributed by atoms with Crippen molar-refractivity contribution in [1.82, 2.24) is 5.06 Å². The molecule has 0 unspecified atom stereocenters. The Kier molecular flexibility index (Phi) is 1.07. The zero-order valence-electron chi connectivity index (χ0n) is 5.39. The van der Waals surface area contributed by atoms with Crippen LogP contribution in [0.5, 0.6) is 0 Å². The van der Waals surface area contributed by atoms with Crippen LogP contribution in [0.2, 0.25) is 0 Å². The third-order valence-corrected chi connectivity index (χ3v) is 1.60. The fourth-order valence-corrected chi connectivity index (χ4v) is 1.04. The molecule has 2 rings (SSSR count). The molecule has 0 saturated carbocycles. The van der Waals surface area contributed by atoms with Gasteiger partial charge in [0.1, 0.15) is 0 Å². The summed E-state index contributed by atoms with van der Waals surface area (Å²) in [6.45, 7) is 0. The average Bonchev–Trinajstić information content (AvgIpc) is 2.53. The van der Waals surface area contributed by atoms with Crippen LogP contribution in [0.4, 0.5) is 0 Å². The number of hydrogen-bond donors (Lipinski definition) is 2. The van der Waals surface area contributed by atoms with E-state index in [0.717, 1.165) is 0 Å². The molecule has 2 heterocycles. The summed E-state index contributed by atoms with van der Waals surface area (Å²) < 4.78 is 4.76. The van der Waals surface area contributed by atoms with Gasteiger partial charge in [-0.3, -0.25) is 10.0 Å². The summed E-state index contributed by atoms with van der Waals surface area (Å²) in [5.41, 5.74) is 0.208. The highest BCUT2D eigenvalue weighted by molar-refractivity contribution is 5.97. The number of carbonyl (C=O) groups is 1. The van der Waals surface area contributed by atoms with Crippen LogP contribution in [-0.4, -0.2) is 21.3 Å². The molecular formula is C6H5NO4. The average molecular weight is 155 g/mol. The second-order valence-electron chi connectivity index (χ2n) is 2.22. The zero-order valence-corrected chi connectivity index (χ0v) is 5.39. The molecule has 0 aromatic carbocycles. The Labute approximate surface area is 61.4 Å². The lowest BCUT2D eigenvalue weighted by Crippen LogP contribution is -2.23. The van der Waals surface area contributed by atoms with E-state index in [1.54, 1.807) is 0 Å². The van der Waals surface area contributed by atoms with E-state index in [0.29, 0.717) is 0 Å². The minimum Gasteiger partial charge on any atom is -0.464 e. The molecule has 0 bridgehead atoms. The molecule has 1 amide bonds. The third-order valence-electron chi connectivity index (χ3n) is 1.60. The Morgan fingerprint density at radius 1 is 1.64 bits per heavy atom. The van der Waals surface area contributed by atoms with Gasteiger partial charge in [0.15, 0.2) is 5.76 Å². The fourth-order valence-electron chi connectivity index (χ4n) is 1.04. The van der Waals surface area contributed by atoms with Crippen LogP contribution in [0.1, 0.15) is 22.3 Å². The summed E-state index contributed by atoms with van der Waals surface area (Å²) in [7, 11) is 0. The SMILES string of the molecule is O=C1c2ccoc2[C@H](O)N1O. The number of aliphatic hydroxyl groups excluding tert-OH is 1. The number of fused-ring (bicyclic) bond motifs is 1. The van der Waals surface area contributed by atoms with Gasteiger partial charge in [-0.05, 0) is 6.07 Å². The van der Waals surface area contributed by atoms with Gasteiger partial charge in [-0.2, -0.15) is 5.06 Å². The third kappa shape index (κ3) is 0.634. The molecule has 2 N–H and O–H groups in total. The quantitative estimate of drug-likeness (QED) is 0.521. The Hall–Kier alpha value is -1.33. The number of rotatable bonds is 0. The molecule has 1 atom stereocenters. The smallest absolute Gasteiger partial charge is 0.283 e. The highest BCUT2D eigenvalue weighted by Crippen LogP contribution is 2.30. The minimum atomic E-state index is -1.35. The van der Waals surface area contributed by atoms with E-state index >= 15 is 0 Å². The van der Waals surface area contributed by atoms with E-state index in [1.165, 1.54) is 12.3 Å². The van der Waals surface area contributed by atoms with Crippen LogP contribution in [-0.2, 0) is 0 Å². The first-order valence-corrected chi connectivity index (χ1v) is 2.99. The summed E-state index contributed by atoms with van der Waals surface area (Å²) >= 11 is 0. The molecule has 11 heavy (non-hydrogen) atoms. The van der Waals surface area contributed by atoms with Crippen molar-refractivity contribution in [3.8, 4) is 0 Å². The van der Waals surface area contributed by atoms with Crippen molar-refractivity contribution in [1.29, 1.82) is 0 Å². The van der Waals surface area contributed by atoms with E-state index in [1.807, 2.05) is 0 Å². The van der Waals surface area contributed by atoms with Gasteiger partial charge in [0, 0.05) is 0 Å². The number of nitrogens with zero attached hydrogens (tertiary/aromatic N) is 1. The maximum atomic E-state index is 10.9. The van der Waals surface area contributed by atoms with Gasteiger partial charge in [0.2, 0.25) is 6.23 Å². The molecule has 0 saturated heterocycles. The lowest BCUT2D eigenvalue weighted by atomic mass is 10.3. The molecule has 0 spiro atoms. The van der Waals surface area contributed by atoms with E-state index in [-0.39, 0.29) is 16.4 Å². The molecule has 0 fully saturated rings. The van der Waals surface area contributed by atoms with Gasteiger partial charge >= 0.3 is 0 Å². The standard InChI is InChI=1S/C6H5NO4/c8-5-3-1-2-11-4(3)6(9)7(5)10/h1-2,6,9-10H/t6-/m0/s1. The lowest BCUT2D eigenvalue weighted by molar-refractivity contribution is -0.158. The molecule has 1 aliphatic rings. The van der Waals surface area contributed by atoms with E-state index in [2.05, 4.69) is 0 Å². The molecule has 1 aromatic heterocycles. The number of hydrogen-bond acceptors (Lipinski definition) is 4. The second-order valence-corrected chi connectivity index (χ2v) is 2.22. The molecule has 1 aliphatic heterocycles. The Morgan fingerprint density at radius 2 is 2.36 bits per heavy atom. The van der Waals surface area contributed by atoms with Gasteiger partial charge in [-0.1, -0.05) is 0 Å². The van der Waals surface area contributed by atoms with Crippen molar-refractivity contribution in [2.45, 2.75) is 6.23 Å². The predicted octanol–water partition coefficient (Wildman–Crippen LogP) is 0.116. The maximum Gasteiger partial charge on any atom is 0.283 e. The number of aliphatic hydroxyl groups is 1. The van der Waals surface area contributed by atoms with Gasteiger partial charge < -0.3 is 9.52 Å². The van der Waals surface area contributed by atoms with E-state index < -0.39 is 12.1 Å². The van der Waals surface area contributed by atoms with E-state index in [9.17, 15) is 4.79 Å². The molecular weight excluding hydrogens is 150 g/mol. The first-order chi connectivity index (χ1) is 5.22. The number of furan rings is 1. The van der Waals surface area contributed by atoms with Crippen LogP contribution < -0.4 is 0 Å². The second kappa shape index (κ2) is 1.84. The summed E-state index contributed by atoms with van der Waals surface area (Å²) in [6.07, 6.45) is -0.0637. The van der Waals surface area contributed by atoms with Crippen LogP contribution in [0.15, 0.2) is 16.7 Å². The van der Waals surface area contributed by atoms with Crippen LogP contribution in [0.3, 0.4) is 0 Å². The summed E-state index contributed by atoms with van der Waals surface area (Å²) in [5, 5.41) is 18.2. The van der Waals surface area contributed by atoms with E-state index in [4.69, 9.17) is 14.7 Å². The monoisotopic (exact) mass is 155 g/mol. The number of hydroxylamine groups is 2. The topological polar surface area (TPSA) is 73.9 Å². The van der Waals surface area contributed by atoms with Gasteiger partial charge in [-0.25, -0.2) is 0 Å². The number of amides is 1. The normalized spacial score (nSPS) is 22.5. The molecule has 5 nitrogen and oxygen atoms in total. The highest BCUT2D eigenvalue weighted by atomic mass is 16.6. The first kappa shape index (κ1) is 6.38. The summed E-state index contributed by atoms with van der Waals surface area (Å²) in [6, 6.07) is 1.40. The van der Waals surface area contributed by atoms with Crippen LogP contribution >= 0.6 is 0 Å². The van der Waals surface area contributed by atoms with Gasteiger partial charge in [-0.15, -0.1) is 0 Å². The van der Waals surface area contributed by atoms with Crippen LogP contribution in [0.25, 0.3) is 0 Å². The summed E-state index contributed by atoms with van der Waals surface area (Å²) in [5.74, 6) is -0.543. The van der Waals surface area contributed by atoms with Crippen molar-refractivity contribution < 1.29 is 19.5 Å². The zero-order chi connectivity index (χ0) is 8.01. The minimum absolute atomic E-state index is 0.0949. The largest absolute Gasteiger partial charge is 0.464 e. The molecule has 58 valence electrons. The summed E-state index contributed by atoms with van der Waals surface area (Å²) in [4.78, 5) is 10.9. The van der Waals surface area contributed by atoms with Crippen molar-refractivity contribution in [2.24, 2.45) is 0 Å². The molecule has 0 radical (unpaired) electrons. The van der Waals surface area contributed by atoms with Crippen molar-refractivity contribution in [3.63, 3.8) is 0 Å².